The highest BCUT2D eigenvalue weighted by Gasteiger charge is 2.16. The van der Waals surface area contributed by atoms with Crippen molar-refractivity contribution in [3.05, 3.63) is 17.7 Å². The summed E-state index contributed by atoms with van der Waals surface area (Å²) in [4.78, 5) is 0. The first-order valence-corrected chi connectivity index (χ1v) is 4.91. The number of methoxy groups -OCH3 is 2. The Bertz CT molecular complexity index is 354. The van der Waals surface area contributed by atoms with Gasteiger partial charge in [0.1, 0.15) is 5.75 Å². The number of aliphatic hydroxyl groups excluding tert-OH is 1. The molecule has 5 heteroatoms. The molecule has 0 fully saturated rings. The molecule has 16 heavy (non-hydrogen) atoms. The van der Waals surface area contributed by atoms with E-state index in [2.05, 4.69) is 5.32 Å². The van der Waals surface area contributed by atoms with Gasteiger partial charge in [0.15, 0.2) is 11.5 Å². The van der Waals surface area contributed by atoms with Crippen LogP contribution in [0.1, 0.15) is 11.7 Å². The lowest BCUT2D eigenvalue weighted by Crippen LogP contribution is -2.16. The van der Waals surface area contributed by atoms with Crippen LogP contribution in [0.2, 0.25) is 0 Å². The first kappa shape index (κ1) is 12.6. The van der Waals surface area contributed by atoms with Crippen molar-refractivity contribution in [2.45, 2.75) is 6.10 Å². The predicted octanol–water partition coefficient (Wildman–Crippen LogP) is 0.662. The van der Waals surface area contributed by atoms with E-state index in [4.69, 9.17) is 9.47 Å². The van der Waals surface area contributed by atoms with Gasteiger partial charge in [0.05, 0.1) is 20.3 Å². The van der Waals surface area contributed by atoms with Gasteiger partial charge in [0.25, 0.3) is 0 Å². The summed E-state index contributed by atoms with van der Waals surface area (Å²) < 4.78 is 10.1. The van der Waals surface area contributed by atoms with Crippen LogP contribution in [-0.4, -0.2) is 38.0 Å². The van der Waals surface area contributed by atoms with Crippen molar-refractivity contribution in [3.63, 3.8) is 0 Å². The van der Waals surface area contributed by atoms with Gasteiger partial charge in [-0.05, 0) is 13.1 Å². The van der Waals surface area contributed by atoms with E-state index in [0.717, 1.165) is 0 Å². The number of ether oxygens (including phenoxy) is 2. The van der Waals surface area contributed by atoms with Crippen LogP contribution in [0.4, 0.5) is 0 Å². The third kappa shape index (κ3) is 2.56. The molecule has 5 nitrogen and oxygen atoms in total. The molecule has 0 spiro atoms. The van der Waals surface area contributed by atoms with E-state index in [1.54, 1.807) is 13.1 Å². The number of hydrogen-bond acceptors (Lipinski definition) is 5. The predicted molar refractivity (Wildman–Crippen MR) is 60.1 cm³/mol. The van der Waals surface area contributed by atoms with Gasteiger partial charge in [-0.3, -0.25) is 0 Å². The Morgan fingerprint density at radius 1 is 1.25 bits per heavy atom. The topological polar surface area (TPSA) is 71.0 Å². The standard InChI is InChI=1S/C11H17NO4/c1-12-6-9(14)7-4-10(15-2)11(16-3)5-8(7)13/h4-5,9,12-14H,6H2,1-3H3. The zero-order valence-corrected chi connectivity index (χ0v) is 9.65. The zero-order chi connectivity index (χ0) is 12.1. The number of aromatic hydroxyl groups is 1. The Kier molecular flexibility index (Phi) is 4.39. The van der Waals surface area contributed by atoms with E-state index in [1.165, 1.54) is 20.3 Å². The van der Waals surface area contributed by atoms with Crippen molar-refractivity contribution in [3.8, 4) is 17.2 Å². The fourth-order valence-corrected chi connectivity index (χ4v) is 1.45. The number of hydrogen-bond donors (Lipinski definition) is 3. The minimum atomic E-state index is -0.787. The summed E-state index contributed by atoms with van der Waals surface area (Å²) in [5.74, 6) is 0.895. The van der Waals surface area contributed by atoms with Crippen LogP contribution in [0, 0.1) is 0 Å². The van der Waals surface area contributed by atoms with E-state index in [9.17, 15) is 10.2 Å². The maximum Gasteiger partial charge on any atom is 0.164 e. The van der Waals surface area contributed by atoms with Gasteiger partial charge in [-0.15, -0.1) is 0 Å². The van der Waals surface area contributed by atoms with Crippen LogP contribution >= 0.6 is 0 Å². The van der Waals surface area contributed by atoms with Crippen LogP contribution in [-0.2, 0) is 0 Å². The fourth-order valence-electron chi connectivity index (χ4n) is 1.45. The largest absolute Gasteiger partial charge is 0.507 e. The Morgan fingerprint density at radius 3 is 2.31 bits per heavy atom. The van der Waals surface area contributed by atoms with Gasteiger partial charge in [0, 0.05) is 18.2 Å². The van der Waals surface area contributed by atoms with Crippen LogP contribution < -0.4 is 14.8 Å². The molecule has 0 aliphatic carbocycles. The molecule has 1 unspecified atom stereocenters. The summed E-state index contributed by atoms with van der Waals surface area (Å²) in [5.41, 5.74) is 0.409. The summed E-state index contributed by atoms with van der Waals surface area (Å²) >= 11 is 0. The lowest BCUT2D eigenvalue weighted by Gasteiger charge is -2.15. The maximum atomic E-state index is 9.77. The first-order chi connectivity index (χ1) is 7.63. The molecule has 1 aromatic rings. The molecule has 0 saturated heterocycles. The monoisotopic (exact) mass is 227 g/mol. The molecule has 0 aromatic heterocycles. The molecular formula is C11H17NO4. The van der Waals surface area contributed by atoms with E-state index in [0.29, 0.717) is 23.6 Å². The average molecular weight is 227 g/mol. The summed E-state index contributed by atoms with van der Waals surface area (Å²) in [6.07, 6.45) is -0.787. The Hall–Kier alpha value is -1.46. The Balaban J connectivity index is 3.10. The first-order valence-electron chi connectivity index (χ1n) is 4.91. The molecule has 1 rings (SSSR count). The quantitative estimate of drug-likeness (QED) is 0.689. The Labute approximate surface area is 94.6 Å². The number of phenols is 1. The van der Waals surface area contributed by atoms with Crippen LogP contribution in [0.15, 0.2) is 12.1 Å². The second-order valence-electron chi connectivity index (χ2n) is 3.34. The van der Waals surface area contributed by atoms with Crippen molar-refractivity contribution in [1.29, 1.82) is 0 Å². The fraction of sp³-hybridized carbons (Fsp3) is 0.455. The molecule has 0 saturated carbocycles. The summed E-state index contributed by atoms with van der Waals surface area (Å²) in [6.45, 7) is 0.350. The van der Waals surface area contributed by atoms with Crippen molar-refractivity contribution in [2.24, 2.45) is 0 Å². The van der Waals surface area contributed by atoms with Crippen molar-refractivity contribution >= 4 is 0 Å². The average Bonchev–Trinajstić information content (AvgIpc) is 2.28. The lowest BCUT2D eigenvalue weighted by molar-refractivity contribution is 0.173. The van der Waals surface area contributed by atoms with Gasteiger partial charge < -0.3 is 25.0 Å². The molecule has 0 radical (unpaired) electrons. The van der Waals surface area contributed by atoms with Gasteiger partial charge in [0.2, 0.25) is 0 Å². The number of aliphatic hydroxyl groups is 1. The van der Waals surface area contributed by atoms with Gasteiger partial charge in [-0.2, -0.15) is 0 Å². The molecule has 90 valence electrons. The number of rotatable bonds is 5. The molecule has 1 atom stereocenters. The zero-order valence-electron chi connectivity index (χ0n) is 9.65. The van der Waals surface area contributed by atoms with E-state index in [1.807, 2.05) is 0 Å². The maximum absolute atomic E-state index is 9.77. The van der Waals surface area contributed by atoms with Crippen molar-refractivity contribution < 1.29 is 19.7 Å². The second kappa shape index (κ2) is 5.58. The van der Waals surface area contributed by atoms with Crippen LogP contribution in [0.3, 0.4) is 0 Å². The van der Waals surface area contributed by atoms with E-state index < -0.39 is 6.10 Å². The minimum absolute atomic E-state index is 0.0135. The molecule has 3 N–H and O–H groups in total. The van der Waals surface area contributed by atoms with E-state index >= 15 is 0 Å². The van der Waals surface area contributed by atoms with Crippen LogP contribution in [0.25, 0.3) is 0 Å². The minimum Gasteiger partial charge on any atom is -0.507 e. The highest BCUT2D eigenvalue weighted by molar-refractivity contribution is 5.50. The van der Waals surface area contributed by atoms with Crippen molar-refractivity contribution in [1.82, 2.24) is 5.32 Å². The number of nitrogens with one attached hydrogen (secondary N) is 1. The summed E-state index contributed by atoms with van der Waals surface area (Å²) in [7, 11) is 4.71. The molecule has 0 aliphatic heterocycles. The number of benzene rings is 1. The second-order valence-corrected chi connectivity index (χ2v) is 3.34. The normalized spacial score (nSPS) is 12.2. The number of likely N-dealkylation sites (N-methyl/N-ethyl adjacent to an activating group) is 1. The van der Waals surface area contributed by atoms with Gasteiger partial charge in [-0.25, -0.2) is 0 Å². The molecule has 0 aliphatic rings. The third-order valence-electron chi connectivity index (χ3n) is 2.29. The van der Waals surface area contributed by atoms with Gasteiger partial charge >= 0.3 is 0 Å². The smallest absolute Gasteiger partial charge is 0.164 e. The van der Waals surface area contributed by atoms with Gasteiger partial charge in [-0.1, -0.05) is 0 Å². The molecule has 0 heterocycles. The Morgan fingerprint density at radius 2 is 1.81 bits per heavy atom. The van der Waals surface area contributed by atoms with Crippen molar-refractivity contribution in [2.75, 3.05) is 27.8 Å². The molecule has 0 amide bonds. The van der Waals surface area contributed by atoms with Crippen LogP contribution in [0.5, 0.6) is 17.2 Å². The summed E-state index contributed by atoms with van der Waals surface area (Å²) in [6, 6.07) is 2.99. The molecule has 1 aromatic carbocycles. The van der Waals surface area contributed by atoms with E-state index in [-0.39, 0.29) is 5.75 Å². The third-order valence-corrected chi connectivity index (χ3v) is 2.29. The highest BCUT2D eigenvalue weighted by Crippen LogP contribution is 2.36. The number of phenolic OH excluding ortho intramolecular Hbond substituents is 1. The highest BCUT2D eigenvalue weighted by atomic mass is 16.5. The summed E-state index contributed by atoms with van der Waals surface area (Å²) in [5, 5.41) is 22.3. The SMILES string of the molecule is CNCC(O)c1cc(OC)c(OC)cc1O. The molecular weight excluding hydrogens is 210 g/mol. The lowest BCUT2D eigenvalue weighted by atomic mass is 10.1. The molecule has 0 bridgehead atoms.